The van der Waals surface area contributed by atoms with Crippen LogP contribution in [0.1, 0.15) is 6.92 Å². The van der Waals surface area contributed by atoms with Crippen LogP contribution in [-0.2, 0) is 9.53 Å². The van der Waals surface area contributed by atoms with Crippen LogP contribution in [-0.4, -0.2) is 22.5 Å². The minimum atomic E-state index is -1.11. The van der Waals surface area contributed by atoms with E-state index in [0.29, 0.717) is 0 Å². The molecule has 0 aromatic heterocycles. The van der Waals surface area contributed by atoms with Crippen LogP contribution in [0.15, 0.2) is 12.3 Å². The molecule has 0 saturated carbocycles. The van der Waals surface area contributed by atoms with E-state index in [1.165, 1.54) is 6.42 Å². The van der Waals surface area contributed by atoms with Crippen LogP contribution in [0.3, 0.4) is 0 Å². The van der Waals surface area contributed by atoms with Crippen molar-refractivity contribution in [1.29, 1.82) is 0 Å². The molecule has 10 heavy (non-hydrogen) atoms. The number of rotatable bonds is 4. The first kappa shape index (κ1) is 8.97. The maximum Gasteiger partial charge on any atom is 0.331 e. The summed E-state index contributed by atoms with van der Waals surface area (Å²) in [5.41, 5.74) is 0. The zero-order valence-corrected chi connectivity index (χ0v) is 5.52. The molecule has 0 aliphatic heterocycles. The SMILES string of the molecule is C[CH]C(O)OC=CC(=O)O. The molecule has 0 aromatic rings. The molecule has 0 spiro atoms. The fraction of sp³-hybridized carbons (Fsp3) is 0.333. The predicted octanol–water partition coefficient (Wildman–Crippen LogP) is 0.144. The van der Waals surface area contributed by atoms with Gasteiger partial charge in [-0.2, -0.15) is 0 Å². The van der Waals surface area contributed by atoms with E-state index in [1.54, 1.807) is 6.92 Å². The fourth-order valence-corrected chi connectivity index (χ4v) is 0.257. The quantitative estimate of drug-likeness (QED) is 0.335. The van der Waals surface area contributed by atoms with E-state index in [2.05, 4.69) is 4.74 Å². The summed E-state index contributed by atoms with van der Waals surface area (Å²) in [5.74, 6) is -1.11. The van der Waals surface area contributed by atoms with E-state index in [9.17, 15) is 4.79 Å². The van der Waals surface area contributed by atoms with E-state index in [-0.39, 0.29) is 0 Å². The molecule has 1 atom stereocenters. The van der Waals surface area contributed by atoms with Gasteiger partial charge in [0.15, 0.2) is 6.29 Å². The standard InChI is InChI=1S/C6H9O4/c1-2-6(9)10-4-3-5(7)8/h2-4,6,9H,1H3,(H,7,8). The minimum absolute atomic E-state index is 0.798. The monoisotopic (exact) mass is 145 g/mol. The molecule has 0 rings (SSSR count). The van der Waals surface area contributed by atoms with Gasteiger partial charge in [0.05, 0.1) is 12.3 Å². The van der Waals surface area contributed by atoms with Gasteiger partial charge < -0.3 is 14.9 Å². The van der Waals surface area contributed by atoms with Crippen molar-refractivity contribution in [2.45, 2.75) is 13.2 Å². The first-order chi connectivity index (χ1) is 4.66. The second-order valence-electron chi connectivity index (χ2n) is 1.50. The lowest BCUT2D eigenvalue weighted by atomic mass is 10.5. The fourth-order valence-electron chi connectivity index (χ4n) is 0.257. The predicted molar refractivity (Wildman–Crippen MR) is 33.8 cm³/mol. The molecule has 57 valence electrons. The molecule has 4 heteroatoms. The lowest BCUT2D eigenvalue weighted by Crippen LogP contribution is -2.06. The van der Waals surface area contributed by atoms with Gasteiger partial charge in [-0.05, 0) is 0 Å². The molecule has 2 N–H and O–H groups in total. The second kappa shape index (κ2) is 4.81. The Balaban J connectivity index is 3.43. The number of aliphatic hydroxyl groups excluding tert-OH is 1. The molecule has 0 amide bonds. The molecule has 0 heterocycles. The third-order valence-corrected chi connectivity index (χ3v) is 0.714. The molecule has 4 nitrogen and oxygen atoms in total. The Morgan fingerprint density at radius 3 is 2.70 bits per heavy atom. The molecular weight excluding hydrogens is 136 g/mol. The lowest BCUT2D eigenvalue weighted by molar-refractivity contribution is -0.131. The van der Waals surface area contributed by atoms with Crippen molar-refractivity contribution in [3.8, 4) is 0 Å². The van der Waals surface area contributed by atoms with Crippen LogP contribution in [0.25, 0.3) is 0 Å². The number of carboxylic acids is 1. The first-order valence-corrected chi connectivity index (χ1v) is 2.69. The van der Waals surface area contributed by atoms with Gasteiger partial charge in [-0.3, -0.25) is 0 Å². The van der Waals surface area contributed by atoms with Gasteiger partial charge in [0, 0.05) is 6.42 Å². The van der Waals surface area contributed by atoms with Crippen molar-refractivity contribution >= 4 is 5.97 Å². The van der Waals surface area contributed by atoms with E-state index in [0.717, 1.165) is 12.3 Å². The first-order valence-electron chi connectivity index (χ1n) is 2.69. The second-order valence-corrected chi connectivity index (χ2v) is 1.50. The topological polar surface area (TPSA) is 66.8 Å². The number of hydrogen-bond donors (Lipinski definition) is 2. The third-order valence-electron chi connectivity index (χ3n) is 0.714. The average Bonchev–Trinajstić information content (AvgIpc) is 1.87. The molecule has 0 saturated heterocycles. The highest BCUT2D eigenvalue weighted by Gasteiger charge is 1.95. The number of aliphatic carboxylic acids is 1. The van der Waals surface area contributed by atoms with Crippen LogP contribution >= 0.6 is 0 Å². The number of carbonyl (C=O) groups is 1. The van der Waals surface area contributed by atoms with Crippen LogP contribution in [0.2, 0.25) is 0 Å². The van der Waals surface area contributed by atoms with Gasteiger partial charge >= 0.3 is 5.97 Å². The summed E-state index contributed by atoms with van der Waals surface area (Å²) in [7, 11) is 0. The van der Waals surface area contributed by atoms with Gasteiger partial charge in [0.2, 0.25) is 0 Å². The maximum atomic E-state index is 9.81. The molecule has 1 radical (unpaired) electrons. The Morgan fingerprint density at radius 2 is 2.30 bits per heavy atom. The van der Waals surface area contributed by atoms with E-state index < -0.39 is 12.3 Å². The number of hydrogen-bond acceptors (Lipinski definition) is 3. The highest BCUT2D eigenvalue weighted by Crippen LogP contribution is 1.90. The van der Waals surface area contributed by atoms with Crippen molar-refractivity contribution in [1.82, 2.24) is 0 Å². The van der Waals surface area contributed by atoms with Gasteiger partial charge in [0.1, 0.15) is 0 Å². The Hall–Kier alpha value is -1.03. The summed E-state index contributed by atoms with van der Waals surface area (Å²) in [5, 5.41) is 16.7. The lowest BCUT2D eigenvalue weighted by Gasteiger charge is -2.04. The molecular formula is C6H9O4. The Kier molecular flexibility index (Phi) is 4.32. The number of carboxylic acid groups (broad SMARTS) is 1. The zero-order valence-electron chi connectivity index (χ0n) is 5.52. The summed E-state index contributed by atoms with van der Waals surface area (Å²) in [6.45, 7) is 1.60. The summed E-state index contributed by atoms with van der Waals surface area (Å²) in [6, 6.07) is 0. The normalized spacial score (nSPS) is 13.4. The van der Waals surface area contributed by atoms with Crippen LogP contribution in [0, 0.1) is 6.42 Å². The van der Waals surface area contributed by atoms with E-state index in [1.807, 2.05) is 0 Å². The van der Waals surface area contributed by atoms with Crippen molar-refractivity contribution in [2.75, 3.05) is 0 Å². The van der Waals surface area contributed by atoms with Crippen LogP contribution in [0.5, 0.6) is 0 Å². The largest absolute Gasteiger partial charge is 0.478 e. The Morgan fingerprint density at radius 1 is 1.70 bits per heavy atom. The van der Waals surface area contributed by atoms with Gasteiger partial charge in [-0.15, -0.1) is 0 Å². The minimum Gasteiger partial charge on any atom is -0.478 e. The van der Waals surface area contributed by atoms with Crippen molar-refractivity contribution < 1.29 is 19.7 Å². The van der Waals surface area contributed by atoms with Gasteiger partial charge in [-0.25, -0.2) is 4.79 Å². The molecule has 0 fully saturated rings. The van der Waals surface area contributed by atoms with Gasteiger partial charge in [-0.1, -0.05) is 6.92 Å². The van der Waals surface area contributed by atoms with Crippen LogP contribution in [0.4, 0.5) is 0 Å². The highest BCUT2D eigenvalue weighted by molar-refractivity contribution is 5.79. The molecule has 0 aliphatic rings. The van der Waals surface area contributed by atoms with Crippen molar-refractivity contribution in [2.24, 2.45) is 0 Å². The number of aliphatic hydroxyl groups is 1. The molecule has 0 aliphatic carbocycles. The van der Waals surface area contributed by atoms with Crippen molar-refractivity contribution in [3.05, 3.63) is 18.8 Å². The highest BCUT2D eigenvalue weighted by atomic mass is 16.6. The smallest absolute Gasteiger partial charge is 0.331 e. The summed E-state index contributed by atoms with van der Waals surface area (Å²) < 4.78 is 4.44. The third kappa shape index (κ3) is 5.11. The Labute approximate surface area is 58.7 Å². The Bertz CT molecular complexity index is 130. The zero-order chi connectivity index (χ0) is 7.98. The summed E-state index contributed by atoms with van der Waals surface area (Å²) in [6.07, 6.45) is 2.07. The average molecular weight is 145 g/mol. The van der Waals surface area contributed by atoms with Gasteiger partial charge in [0.25, 0.3) is 0 Å². The summed E-state index contributed by atoms with van der Waals surface area (Å²) in [4.78, 5) is 9.81. The van der Waals surface area contributed by atoms with Crippen LogP contribution < -0.4 is 0 Å². The summed E-state index contributed by atoms with van der Waals surface area (Å²) >= 11 is 0. The number of ether oxygens (including phenoxy) is 1. The molecule has 1 unspecified atom stereocenters. The van der Waals surface area contributed by atoms with Crippen molar-refractivity contribution in [3.63, 3.8) is 0 Å². The maximum absolute atomic E-state index is 9.81. The van der Waals surface area contributed by atoms with E-state index >= 15 is 0 Å². The van der Waals surface area contributed by atoms with E-state index in [4.69, 9.17) is 10.2 Å². The molecule has 0 bridgehead atoms. The molecule has 0 aromatic carbocycles.